The van der Waals surface area contributed by atoms with Crippen molar-refractivity contribution in [2.24, 2.45) is 0 Å². The fourth-order valence-corrected chi connectivity index (χ4v) is 1.61. The van der Waals surface area contributed by atoms with E-state index in [1.807, 2.05) is 18.2 Å². The molecule has 1 aliphatic rings. The van der Waals surface area contributed by atoms with Gasteiger partial charge in [-0.1, -0.05) is 24.3 Å². The maximum Gasteiger partial charge on any atom is 0.244 e. The molecule has 17 heavy (non-hydrogen) atoms. The summed E-state index contributed by atoms with van der Waals surface area (Å²) in [5.41, 5.74) is 0. The molecular formula is C14H21NO2. The lowest BCUT2D eigenvalue weighted by molar-refractivity contribution is -0.117. The first kappa shape index (κ1) is 13.7. The smallest absolute Gasteiger partial charge is 0.244 e. The highest BCUT2D eigenvalue weighted by Gasteiger charge is 2.15. The maximum atomic E-state index is 11.4. The molecule has 1 heterocycles. The maximum absolute atomic E-state index is 11.4. The molecule has 0 aromatic heterocycles. The van der Waals surface area contributed by atoms with Crippen LogP contribution in [0.4, 0.5) is 0 Å². The van der Waals surface area contributed by atoms with Gasteiger partial charge in [-0.05, 0) is 25.7 Å². The van der Waals surface area contributed by atoms with Crippen LogP contribution in [0.3, 0.4) is 0 Å². The highest BCUT2D eigenvalue weighted by Crippen LogP contribution is 2.10. The van der Waals surface area contributed by atoms with E-state index in [1.54, 1.807) is 12.2 Å². The van der Waals surface area contributed by atoms with Crippen molar-refractivity contribution in [3.63, 3.8) is 0 Å². The zero-order valence-electron chi connectivity index (χ0n) is 10.2. The van der Waals surface area contributed by atoms with Gasteiger partial charge >= 0.3 is 0 Å². The van der Waals surface area contributed by atoms with Gasteiger partial charge in [0.1, 0.15) is 0 Å². The fourth-order valence-electron chi connectivity index (χ4n) is 1.61. The molecule has 0 aliphatic carbocycles. The summed E-state index contributed by atoms with van der Waals surface area (Å²) in [5.74, 6) is -0.0612. The van der Waals surface area contributed by atoms with E-state index in [0.717, 1.165) is 32.3 Å². The summed E-state index contributed by atoms with van der Waals surface area (Å²) < 4.78 is 5.41. The molecule has 3 nitrogen and oxygen atoms in total. The Morgan fingerprint density at radius 3 is 3.00 bits per heavy atom. The molecule has 1 saturated heterocycles. The molecule has 1 aliphatic heterocycles. The van der Waals surface area contributed by atoms with Gasteiger partial charge in [0, 0.05) is 19.2 Å². The molecule has 1 fully saturated rings. The quantitative estimate of drug-likeness (QED) is 0.318. The SMILES string of the molecule is C=CCCC=CC=CC(=O)NCC1CCCO1. The molecule has 0 aromatic rings. The number of amides is 1. The van der Waals surface area contributed by atoms with E-state index in [2.05, 4.69) is 11.9 Å². The molecular weight excluding hydrogens is 214 g/mol. The third-order valence-electron chi connectivity index (χ3n) is 2.56. The van der Waals surface area contributed by atoms with Crippen LogP contribution in [0, 0.1) is 0 Å². The average molecular weight is 235 g/mol. The van der Waals surface area contributed by atoms with Gasteiger partial charge in [-0.3, -0.25) is 4.79 Å². The molecule has 1 unspecified atom stereocenters. The number of hydrogen-bond donors (Lipinski definition) is 1. The minimum Gasteiger partial charge on any atom is -0.376 e. The third kappa shape index (κ3) is 6.74. The van der Waals surface area contributed by atoms with Crippen molar-refractivity contribution in [2.75, 3.05) is 13.2 Å². The third-order valence-corrected chi connectivity index (χ3v) is 2.56. The Balaban J connectivity index is 2.08. The van der Waals surface area contributed by atoms with E-state index in [-0.39, 0.29) is 12.0 Å². The Hall–Kier alpha value is -1.35. The van der Waals surface area contributed by atoms with Gasteiger partial charge in [0.05, 0.1) is 6.10 Å². The van der Waals surface area contributed by atoms with E-state index in [9.17, 15) is 4.79 Å². The Kier molecular flexibility index (Phi) is 7.07. The van der Waals surface area contributed by atoms with Gasteiger partial charge in [0.2, 0.25) is 5.91 Å². The van der Waals surface area contributed by atoms with Gasteiger partial charge in [-0.15, -0.1) is 6.58 Å². The highest BCUT2D eigenvalue weighted by atomic mass is 16.5. The zero-order chi connectivity index (χ0) is 12.3. The van der Waals surface area contributed by atoms with Gasteiger partial charge in [-0.2, -0.15) is 0 Å². The van der Waals surface area contributed by atoms with Crippen molar-refractivity contribution in [3.8, 4) is 0 Å². The molecule has 3 heteroatoms. The van der Waals surface area contributed by atoms with Crippen LogP contribution in [0.1, 0.15) is 25.7 Å². The second kappa shape index (κ2) is 8.76. The van der Waals surface area contributed by atoms with Crippen molar-refractivity contribution in [1.29, 1.82) is 0 Å². The van der Waals surface area contributed by atoms with E-state index < -0.39 is 0 Å². The molecule has 1 N–H and O–H groups in total. The first-order chi connectivity index (χ1) is 8.33. The summed E-state index contributed by atoms with van der Waals surface area (Å²) in [5, 5.41) is 2.83. The minimum atomic E-state index is -0.0612. The van der Waals surface area contributed by atoms with Crippen LogP contribution >= 0.6 is 0 Å². The van der Waals surface area contributed by atoms with E-state index >= 15 is 0 Å². The van der Waals surface area contributed by atoms with E-state index in [1.165, 1.54) is 0 Å². The standard InChI is InChI=1S/C14H21NO2/c1-2-3-4-5-6-7-10-14(16)15-12-13-9-8-11-17-13/h2,5-7,10,13H,1,3-4,8-9,11-12H2,(H,15,16). The van der Waals surface area contributed by atoms with Crippen LogP contribution in [0.15, 0.2) is 37.0 Å². The average Bonchev–Trinajstić information content (AvgIpc) is 2.84. The molecule has 94 valence electrons. The van der Waals surface area contributed by atoms with Gasteiger partial charge in [0.25, 0.3) is 0 Å². The number of hydrogen-bond acceptors (Lipinski definition) is 2. The molecule has 0 aromatic carbocycles. The Labute approximate surface area is 103 Å². The van der Waals surface area contributed by atoms with Gasteiger partial charge < -0.3 is 10.1 Å². The molecule has 0 saturated carbocycles. The van der Waals surface area contributed by atoms with Crippen LogP contribution in [0.25, 0.3) is 0 Å². The minimum absolute atomic E-state index is 0.0612. The summed E-state index contributed by atoms with van der Waals surface area (Å²) in [6.45, 7) is 5.08. The van der Waals surface area contributed by atoms with Crippen LogP contribution < -0.4 is 5.32 Å². The Bertz CT molecular complexity index is 289. The number of allylic oxidation sites excluding steroid dienone is 4. The second-order valence-corrected chi connectivity index (χ2v) is 4.03. The zero-order valence-corrected chi connectivity index (χ0v) is 10.2. The summed E-state index contributed by atoms with van der Waals surface area (Å²) in [6, 6.07) is 0. The molecule has 1 atom stereocenters. The predicted molar refractivity (Wildman–Crippen MR) is 69.7 cm³/mol. The summed E-state index contributed by atoms with van der Waals surface area (Å²) in [6.07, 6.45) is 13.4. The van der Waals surface area contributed by atoms with E-state index in [0.29, 0.717) is 6.54 Å². The topological polar surface area (TPSA) is 38.3 Å². The van der Waals surface area contributed by atoms with Crippen molar-refractivity contribution in [2.45, 2.75) is 31.8 Å². The largest absolute Gasteiger partial charge is 0.376 e. The normalized spacial score (nSPS) is 20.1. The molecule has 0 spiro atoms. The molecule has 0 bridgehead atoms. The van der Waals surface area contributed by atoms with Crippen molar-refractivity contribution in [1.82, 2.24) is 5.32 Å². The summed E-state index contributed by atoms with van der Waals surface area (Å²) >= 11 is 0. The first-order valence-electron chi connectivity index (χ1n) is 6.16. The molecule has 0 radical (unpaired) electrons. The second-order valence-electron chi connectivity index (χ2n) is 4.03. The van der Waals surface area contributed by atoms with Crippen molar-refractivity contribution >= 4 is 5.91 Å². The predicted octanol–water partition coefficient (Wildman–Crippen LogP) is 2.36. The number of ether oxygens (including phenoxy) is 1. The summed E-state index contributed by atoms with van der Waals surface area (Å²) in [7, 11) is 0. The monoisotopic (exact) mass is 235 g/mol. The van der Waals surface area contributed by atoms with Crippen LogP contribution in [0.2, 0.25) is 0 Å². The van der Waals surface area contributed by atoms with Crippen LogP contribution in [0.5, 0.6) is 0 Å². The Morgan fingerprint density at radius 1 is 1.41 bits per heavy atom. The highest BCUT2D eigenvalue weighted by molar-refractivity contribution is 5.87. The lowest BCUT2D eigenvalue weighted by Crippen LogP contribution is -2.30. The van der Waals surface area contributed by atoms with Crippen LogP contribution in [-0.2, 0) is 9.53 Å². The van der Waals surface area contributed by atoms with E-state index in [4.69, 9.17) is 4.74 Å². The van der Waals surface area contributed by atoms with Crippen molar-refractivity contribution in [3.05, 3.63) is 37.0 Å². The lowest BCUT2D eigenvalue weighted by Gasteiger charge is -2.08. The van der Waals surface area contributed by atoms with Crippen LogP contribution in [-0.4, -0.2) is 25.2 Å². The van der Waals surface area contributed by atoms with Gasteiger partial charge in [0.15, 0.2) is 0 Å². The number of unbranched alkanes of at least 4 members (excludes halogenated alkanes) is 1. The van der Waals surface area contributed by atoms with Crippen molar-refractivity contribution < 1.29 is 9.53 Å². The number of carbonyl (C=O) groups excluding carboxylic acids is 1. The lowest BCUT2D eigenvalue weighted by atomic mass is 10.2. The number of rotatable bonds is 7. The first-order valence-corrected chi connectivity index (χ1v) is 6.16. The van der Waals surface area contributed by atoms with Gasteiger partial charge in [-0.25, -0.2) is 0 Å². The molecule has 1 amide bonds. The fraction of sp³-hybridized carbons (Fsp3) is 0.500. The number of carbonyl (C=O) groups is 1. The number of nitrogens with one attached hydrogen (secondary N) is 1. The summed E-state index contributed by atoms with van der Waals surface area (Å²) in [4.78, 5) is 11.4. The Morgan fingerprint density at radius 2 is 2.29 bits per heavy atom. The molecule has 1 rings (SSSR count).